The SMILES string of the molecule is Cc1ccc(Cl)c([C@H](c2ccco2)N2CCNCC2)c1F. The van der Waals surface area contributed by atoms with Gasteiger partial charge in [0.05, 0.1) is 12.3 Å². The lowest BCUT2D eigenvalue weighted by molar-refractivity contribution is 0.177. The van der Waals surface area contributed by atoms with E-state index in [-0.39, 0.29) is 11.9 Å². The van der Waals surface area contributed by atoms with Gasteiger partial charge in [0.1, 0.15) is 11.6 Å². The lowest BCUT2D eigenvalue weighted by atomic mass is 9.99. The van der Waals surface area contributed by atoms with Gasteiger partial charge in [-0.3, -0.25) is 4.90 Å². The van der Waals surface area contributed by atoms with Crippen molar-refractivity contribution in [1.82, 2.24) is 10.2 Å². The predicted octanol–water partition coefficient (Wildman–Crippen LogP) is 3.38. The van der Waals surface area contributed by atoms with Crippen molar-refractivity contribution in [3.63, 3.8) is 0 Å². The monoisotopic (exact) mass is 308 g/mol. The van der Waals surface area contributed by atoms with Gasteiger partial charge in [0, 0.05) is 36.8 Å². The van der Waals surface area contributed by atoms with E-state index in [4.69, 9.17) is 16.0 Å². The number of benzene rings is 1. The number of halogens is 2. The molecule has 0 aliphatic carbocycles. The molecular weight excluding hydrogens is 291 g/mol. The smallest absolute Gasteiger partial charge is 0.132 e. The Morgan fingerprint density at radius 1 is 1.29 bits per heavy atom. The van der Waals surface area contributed by atoms with Crippen molar-refractivity contribution < 1.29 is 8.81 Å². The van der Waals surface area contributed by atoms with E-state index in [0.29, 0.717) is 16.1 Å². The van der Waals surface area contributed by atoms with E-state index in [1.165, 1.54) is 0 Å². The molecule has 21 heavy (non-hydrogen) atoms. The van der Waals surface area contributed by atoms with Crippen molar-refractivity contribution in [1.29, 1.82) is 0 Å². The minimum absolute atomic E-state index is 0.248. The molecule has 2 aromatic rings. The maximum Gasteiger partial charge on any atom is 0.132 e. The average Bonchev–Trinajstić information content (AvgIpc) is 3.02. The summed E-state index contributed by atoms with van der Waals surface area (Å²) >= 11 is 6.31. The first-order chi connectivity index (χ1) is 10.2. The first kappa shape index (κ1) is 14.6. The van der Waals surface area contributed by atoms with Gasteiger partial charge in [0.15, 0.2) is 0 Å². The molecule has 3 rings (SSSR count). The highest BCUT2D eigenvalue weighted by Crippen LogP contribution is 2.36. The topological polar surface area (TPSA) is 28.4 Å². The summed E-state index contributed by atoms with van der Waals surface area (Å²) in [6, 6.07) is 6.89. The second-order valence-electron chi connectivity index (χ2n) is 5.30. The van der Waals surface area contributed by atoms with Gasteiger partial charge in [0.2, 0.25) is 0 Å². The van der Waals surface area contributed by atoms with Crippen LogP contribution in [0.5, 0.6) is 0 Å². The first-order valence-electron chi connectivity index (χ1n) is 7.11. The van der Waals surface area contributed by atoms with Gasteiger partial charge in [-0.15, -0.1) is 0 Å². The molecule has 1 aliphatic heterocycles. The van der Waals surface area contributed by atoms with E-state index in [0.717, 1.165) is 31.9 Å². The van der Waals surface area contributed by atoms with Crippen LogP contribution in [-0.4, -0.2) is 31.1 Å². The summed E-state index contributed by atoms with van der Waals surface area (Å²) in [5, 5.41) is 3.75. The van der Waals surface area contributed by atoms with Crippen LogP contribution in [0.3, 0.4) is 0 Å². The zero-order valence-electron chi connectivity index (χ0n) is 11.9. The summed E-state index contributed by atoms with van der Waals surface area (Å²) in [5.74, 6) is 0.478. The van der Waals surface area contributed by atoms with E-state index in [2.05, 4.69) is 10.2 Å². The predicted molar refractivity (Wildman–Crippen MR) is 81.1 cm³/mol. The summed E-state index contributed by atoms with van der Waals surface area (Å²) in [7, 11) is 0. The van der Waals surface area contributed by atoms with Crippen LogP contribution in [-0.2, 0) is 0 Å². The molecule has 1 aromatic heterocycles. The van der Waals surface area contributed by atoms with Gasteiger partial charge in [-0.1, -0.05) is 17.7 Å². The molecule has 1 saturated heterocycles. The fourth-order valence-electron chi connectivity index (χ4n) is 2.82. The number of furan rings is 1. The van der Waals surface area contributed by atoms with Crippen molar-refractivity contribution in [2.24, 2.45) is 0 Å². The van der Waals surface area contributed by atoms with E-state index in [1.54, 1.807) is 25.3 Å². The first-order valence-corrected chi connectivity index (χ1v) is 7.49. The fourth-order valence-corrected chi connectivity index (χ4v) is 3.07. The third kappa shape index (κ3) is 2.84. The quantitative estimate of drug-likeness (QED) is 0.942. The summed E-state index contributed by atoms with van der Waals surface area (Å²) < 4.78 is 20.3. The molecular formula is C16H18ClFN2O. The number of hydrogen-bond donors (Lipinski definition) is 1. The summed E-state index contributed by atoms with van der Waals surface area (Å²) in [6.45, 7) is 5.17. The average molecular weight is 309 g/mol. The lowest BCUT2D eigenvalue weighted by Crippen LogP contribution is -2.45. The molecule has 1 aromatic carbocycles. The number of aryl methyl sites for hydroxylation is 1. The molecule has 1 aliphatic rings. The number of rotatable bonds is 3. The number of piperazine rings is 1. The van der Waals surface area contributed by atoms with Gasteiger partial charge in [-0.05, 0) is 30.7 Å². The van der Waals surface area contributed by atoms with E-state index in [9.17, 15) is 4.39 Å². The van der Waals surface area contributed by atoms with Crippen molar-refractivity contribution in [2.45, 2.75) is 13.0 Å². The normalized spacial score (nSPS) is 17.9. The Labute approximate surface area is 128 Å². The zero-order chi connectivity index (χ0) is 14.8. The van der Waals surface area contributed by atoms with Gasteiger partial charge in [-0.2, -0.15) is 0 Å². The third-order valence-electron chi connectivity index (χ3n) is 3.92. The van der Waals surface area contributed by atoms with Gasteiger partial charge >= 0.3 is 0 Å². The molecule has 0 saturated carbocycles. The van der Waals surface area contributed by atoms with Gasteiger partial charge in [-0.25, -0.2) is 4.39 Å². The molecule has 1 N–H and O–H groups in total. The Bertz CT molecular complexity index is 609. The fraction of sp³-hybridized carbons (Fsp3) is 0.375. The lowest BCUT2D eigenvalue weighted by Gasteiger charge is -2.34. The molecule has 5 heteroatoms. The molecule has 0 unspecified atom stereocenters. The van der Waals surface area contributed by atoms with E-state index >= 15 is 0 Å². The van der Waals surface area contributed by atoms with Crippen LogP contribution in [0.4, 0.5) is 4.39 Å². The summed E-state index contributed by atoms with van der Waals surface area (Å²) in [6.07, 6.45) is 1.62. The van der Waals surface area contributed by atoms with E-state index < -0.39 is 0 Å². The molecule has 1 atom stereocenters. The number of nitrogens with zero attached hydrogens (tertiary/aromatic N) is 1. The van der Waals surface area contributed by atoms with Crippen LogP contribution in [0.2, 0.25) is 5.02 Å². The number of nitrogens with one attached hydrogen (secondary N) is 1. The maximum atomic E-state index is 14.7. The van der Waals surface area contributed by atoms with Crippen LogP contribution < -0.4 is 5.32 Å². The van der Waals surface area contributed by atoms with Crippen molar-refractivity contribution in [3.8, 4) is 0 Å². The minimum atomic E-state index is -0.283. The standard InChI is InChI=1S/C16H18ClFN2O/c1-11-4-5-12(17)14(15(11)18)16(13-3-2-10-21-13)20-8-6-19-7-9-20/h2-5,10,16,19H,6-9H2,1H3/t16-/m0/s1. The van der Waals surface area contributed by atoms with Crippen LogP contribution >= 0.6 is 11.6 Å². The van der Waals surface area contributed by atoms with Gasteiger partial charge in [0.25, 0.3) is 0 Å². The molecule has 3 nitrogen and oxygen atoms in total. The Kier molecular flexibility index (Phi) is 4.29. The highest BCUT2D eigenvalue weighted by Gasteiger charge is 2.30. The third-order valence-corrected chi connectivity index (χ3v) is 4.25. The van der Waals surface area contributed by atoms with Gasteiger partial charge < -0.3 is 9.73 Å². The molecule has 0 spiro atoms. The summed E-state index contributed by atoms with van der Waals surface area (Å²) in [5.41, 5.74) is 1.11. The molecule has 0 bridgehead atoms. The van der Waals surface area contributed by atoms with E-state index in [1.807, 2.05) is 12.1 Å². The number of hydrogen-bond acceptors (Lipinski definition) is 3. The van der Waals surface area contributed by atoms with Crippen molar-refractivity contribution in [2.75, 3.05) is 26.2 Å². The maximum absolute atomic E-state index is 14.7. The van der Waals surface area contributed by atoms with Crippen LogP contribution in [0, 0.1) is 12.7 Å². The molecule has 1 fully saturated rings. The Balaban J connectivity index is 2.09. The molecule has 0 amide bonds. The molecule has 0 radical (unpaired) electrons. The highest BCUT2D eigenvalue weighted by molar-refractivity contribution is 6.31. The minimum Gasteiger partial charge on any atom is -0.467 e. The Hall–Kier alpha value is -1.36. The Morgan fingerprint density at radius 2 is 2.05 bits per heavy atom. The second kappa shape index (κ2) is 6.18. The van der Waals surface area contributed by atoms with Crippen LogP contribution in [0.15, 0.2) is 34.9 Å². The Morgan fingerprint density at radius 3 is 2.71 bits per heavy atom. The largest absolute Gasteiger partial charge is 0.467 e. The van der Waals surface area contributed by atoms with Crippen molar-refractivity contribution in [3.05, 3.63) is 58.3 Å². The van der Waals surface area contributed by atoms with Crippen molar-refractivity contribution >= 4 is 11.6 Å². The zero-order valence-corrected chi connectivity index (χ0v) is 12.7. The molecule has 2 heterocycles. The van der Waals surface area contributed by atoms with Crippen LogP contribution in [0.1, 0.15) is 22.9 Å². The summed E-state index contributed by atoms with van der Waals surface area (Å²) in [4.78, 5) is 2.21. The molecule has 112 valence electrons. The van der Waals surface area contributed by atoms with Crippen LogP contribution in [0.25, 0.3) is 0 Å². The second-order valence-corrected chi connectivity index (χ2v) is 5.70. The highest BCUT2D eigenvalue weighted by atomic mass is 35.5.